The Bertz CT molecular complexity index is 1430. The summed E-state index contributed by atoms with van der Waals surface area (Å²) in [5.74, 6) is -0.535. The van der Waals surface area contributed by atoms with Crippen molar-refractivity contribution in [2.75, 3.05) is 18.0 Å². The second-order valence-corrected chi connectivity index (χ2v) is 12.2. The molecule has 2 amide bonds. The number of carbonyl (C=O) groups is 2. The smallest absolute Gasteiger partial charge is 0.264 e. The number of methoxy groups -OCH3 is 1. The van der Waals surface area contributed by atoms with Crippen LogP contribution in [0.4, 0.5) is 5.69 Å². The number of benzene rings is 3. The zero-order chi connectivity index (χ0) is 29.6. The number of carbonyl (C=O) groups excluding carboxylic acids is 2. The summed E-state index contributed by atoms with van der Waals surface area (Å²) in [6.07, 6.45) is 0. The first kappa shape index (κ1) is 30.7. The Morgan fingerprint density at radius 1 is 0.850 bits per heavy atom. The van der Waals surface area contributed by atoms with E-state index in [1.165, 1.54) is 24.1 Å². The topological polar surface area (TPSA) is 96.0 Å². The van der Waals surface area contributed by atoms with E-state index in [-0.39, 0.29) is 29.1 Å². The Morgan fingerprint density at radius 2 is 1.40 bits per heavy atom. The molecule has 3 aromatic rings. The number of nitrogens with zero attached hydrogens (tertiary/aromatic N) is 2. The van der Waals surface area contributed by atoms with Crippen LogP contribution in [-0.4, -0.2) is 50.9 Å². The molecule has 3 rings (SSSR count). The molecule has 0 aliphatic rings. The first-order valence-electron chi connectivity index (χ1n) is 13.2. The van der Waals surface area contributed by atoms with Crippen LogP contribution in [0.3, 0.4) is 0 Å². The number of sulfonamides is 1. The summed E-state index contributed by atoms with van der Waals surface area (Å²) < 4.78 is 34.7. The van der Waals surface area contributed by atoms with Gasteiger partial charge in [-0.05, 0) is 76.9 Å². The first-order chi connectivity index (χ1) is 18.8. The van der Waals surface area contributed by atoms with E-state index in [4.69, 9.17) is 4.74 Å². The zero-order valence-electron chi connectivity index (χ0n) is 24.3. The predicted molar refractivity (Wildman–Crippen MR) is 158 cm³/mol. The molecule has 214 valence electrons. The number of nitrogens with one attached hydrogen (secondary N) is 1. The lowest BCUT2D eigenvalue weighted by atomic mass is 10.1. The normalized spacial score (nSPS) is 12.1. The Labute approximate surface area is 238 Å². The summed E-state index contributed by atoms with van der Waals surface area (Å²) in [5, 5.41) is 2.86. The molecule has 1 N–H and O–H groups in total. The second kappa shape index (κ2) is 13.0. The lowest BCUT2D eigenvalue weighted by Gasteiger charge is -2.32. The van der Waals surface area contributed by atoms with Crippen molar-refractivity contribution in [3.05, 3.63) is 89.0 Å². The molecular formula is C31H39N3O5S. The van der Waals surface area contributed by atoms with E-state index in [9.17, 15) is 18.0 Å². The highest BCUT2D eigenvalue weighted by atomic mass is 32.2. The standard InChI is InChI=1S/C31H39N3O5S/c1-21(2)32-31(36)25(6)33(19-26-13-8-22(3)9-14-26)30(35)20-34(28-18-24(5)12-17-29(28)39-7)40(37,38)27-15-10-23(4)11-16-27/h8-18,21,25H,19-20H2,1-7H3,(H,32,36). The van der Waals surface area contributed by atoms with Crippen LogP contribution in [0.1, 0.15) is 43.0 Å². The largest absolute Gasteiger partial charge is 0.495 e. The Kier molecular flexibility index (Phi) is 9.98. The fourth-order valence-electron chi connectivity index (χ4n) is 4.22. The fraction of sp³-hybridized carbons (Fsp3) is 0.355. The molecule has 0 fully saturated rings. The number of amides is 2. The summed E-state index contributed by atoms with van der Waals surface area (Å²) in [6, 6.07) is 18.3. The van der Waals surface area contributed by atoms with Gasteiger partial charge in [0.05, 0.1) is 17.7 Å². The lowest BCUT2D eigenvalue weighted by Crippen LogP contribution is -2.52. The van der Waals surface area contributed by atoms with Crippen molar-refractivity contribution in [3.8, 4) is 5.75 Å². The summed E-state index contributed by atoms with van der Waals surface area (Å²) in [7, 11) is -2.73. The molecule has 0 aliphatic carbocycles. The highest BCUT2D eigenvalue weighted by molar-refractivity contribution is 7.92. The van der Waals surface area contributed by atoms with Gasteiger partial charge < -0.3 is 15.0 Å². The van der Waals surface area contributed by atoms with E-state index in [1.807, 2.05) is 65.0 Å². The summed E-state index contributed by atoms with van der Waals surface area (Å²) in [6.45, 7) is 10.6. The zero-order valence-corrected chi connectivity index (χ0v) is 25.1. The minimum Gasteiger partial charge on any atom is -0.495 e. The van der Waals surface area contributed by atoms with Crippen molar-refractivity contribution < 1.29 is 22.7 Å². The van der Waals surface area contributed by atoms with Gasteiger partial charge in [0.2, 0.25) is 11.8 Å². The fourth-order valence-corrected chi connectivity index (χ4v) is 5.64. The Morgan fingerprint density at radius 3 is 1.95 bits per heavy atom. The van der Waals surface area contributed by atoms with Crippen molar-refractivity contribution in [2.24, 2.45) is 0 Å². The van der Waals surface area contributed by atoms with Gasteiger partial charge in [-0.25, -0.2) is 8.42 Å². The predicted octanol–water partition coefficient (Wildman–Crippen LogP) is 4.76. The minimum absolute atomic E-state index is 0.0464. The molecule has 0 aliphatic heterocycles. The van der Waals surface area contributed by atoms with E-state index in [0.717, 1.165) is 26.6 Å². The van der Waals surface area contributed by atoms with Gasteiger partial charge in [-0.1, -0.05) is 53.6 Å². The number of rotatable bonds is 11. The lowest BCUT2D eigenvalue weighted by molar-refractivity contribution is -0.139. The maximum atomic E-state index is 14.0. The van der Waals surface area contributed by atoms with Gasteiger partial charge in [-0.15, -0.1) is 0 Å². The molecule has 0 radical (unpaired) electrons. The molecular weight excluding hydrogens is 526 g/mol. The molecule has 3 aromatic carbocycles. The van der Waals surface area contributed by atoms with Gasteiger partial charge >= 0.3 is 0 Å². The van der Waals surface area contributed by atoms with Crippen molar-refractivity contribution in [3.63, 3.8) is 0 Å². The van der Waals surface area contributed by atoms with Gasteiger partial charge in [0, 0.05) is 12.6 Å². The van der Waals surface area contributed by atoms with Gasteiger partial charge in [0.25, 0.3) is 10.0 Å². The molecule has 9 heteroatoms. The summed E-state index contributed by atoms with van der Waals surface area (Å²) >= 11 is 0. The van der Waals surface area contributed by atoms with Crippen LogP contribution in [0.25, 0.3) is 0 Å². The summed E-state index contributed by atoms with van der Waals surface area (Å²) in [4.78, 5) is 28.5. The highest BCUT2D eigenvalue weighted by Gasteiger charge is 2.34. The number of ether oxygens (including phenoxy) is 1. The van der Waals surface area contributed by atoms with Gasteiger partial charge in [-0.2, -0.15) is 0 Å². The van der Waals surface area contributed by atoms with E-state index in [0.29, 0.717) is 5.75 Å². The molecule has 1 atom stereocenters. The number of hydrogen-bond donors (Lipinski definition) is 1. The van der Waals surface area contributed by atoms with Crippen molar-refractivity contribution in [1.29, 1.82) is 0 Å². The van der Waals surface area contributed by atoms with Crippen LogP contribution < -0.4 is 14.4 Å². The van der Waals surface area contributed by atoms with E-state index in [2.05, 4.69) is 5.32 Å². The van der Waals surface area contributed by atoms with Crippen LogP contribution in [0.2, 0.25) is 0 Å². The van der Waals surface area contributed by atoms with Gasteiger partial charge in [0.15, 0.2) is 0 Å². The van der Waals surface area contributed by atoms with E-state index < -0.39 is 28.5 Å². The third-order valence-electron chi connectivity index (χ3n) is 6.56. The SMILES string of the molecule is COc1ccc(C)cc1N(CC(=O)N(Cc1ccc(C)cc1)C(C)C(=O)NC(C)C)S(=O)(=O)c1ccc(C)cc1. The molecule has 0 saturated carbocycles. The highest BCUT2D eigenvalue weighted by Crippen LogP contribution is 2.34. The molecule has 0 aromatic heterocycles. The van der Waals surface area contributed by atoms with Crippen LogP contribution in [0, 0.1) is 20.8 Å². The third kappa shape index (κ3) is 7.41. The van der Waals surface area contributed by atoms with E-state index in [1.54, 1.807) is 31.2 Å². The quantitative estimate of drug-likeness (QED) is 0.362. The molecule has 0 heterocycles. The average Bonchev–Trinajstić information content (AvgIpc) is 2.90. The van der Waals surface area contributed by atoms with Crippen molar-refractivity contribution in [2.45, 2.75) is 65.1 Å². The van der Waals surface area contributed by atoms with Crippen LogP contribution >= 0.6 is 0 Å². The Balaban J connectivity index is 2.10. The molecule has 0 saturated heterocycles. The molecule has 0 spiro atoms. The first-order valence-corrected chi connectivity index (χ1v) is 14.7. The maximum absolute atomic E-state index is 14.0. The molecule has 0 bridgehead atoms. The third-order valence-corrected chi connectivity index (χ3v) is 8.34. The minimum atomic E-state index is -4.19. The van der Waals surface area contributed by atoms with E-state index >= 15 is 0 Å². The van der Waals surface area contributed by atoms with Crippen LogP contribution in [-0.2, 0) is 26.2 Å². The van der Waals surface area contributed by atoms with Crippen LogP contribution in [0.15, 0.2) is 71.6 Å². The molecule has 8 nitrogen and oxygen atoms in total. The molecule has 40 heavy (non-hydrogen) atoms. The Hall–Kier alpha value is -3.85. The summed E-state index contributed by atoms with van der Waals surface area (Å²) in [5.41, 5.74) is 3.84. The average molecular weight is 566 g/mol. The van der Waals surface area contributed by atoms with Crippen molar-refractivity contribution in [1.82, 2.24) is 10.2 Å². The number of anilines is 1. The molecule has 1 unspecified atom stereocenters. The number of aryl methyl sites for hydroxylation is 3. The monoisotopic (exact) mass is 565 g/mol. The van der Waals surface area contributed by atoms with Crippen LogP contribution in [0.5, 0.6) is 5.75 Å². The van der Waals surface area contributed by atoms with Crippen molar-refractivity contribution >= 4 is 27.5 Å². The van der Waals surface area contributed by atoms with Gasteiger partial charge in [0.1, 0.15) is 18.3 Å². The maximum Gasteiger partial charge on any atom is 0.264 e. The number of hydrogen-bond acceptors (Lipinski definition) is 5. The van der Waals surface area contributed by atoms with Gasteiger partial charge in [-0.3, -0.25) is 13.9 Å². The second-order valence-electron chi connectivity index (χ2n) is 10.3.